The van der Waals surface area contributed by atoms with Gasteiger partial charge in [0.05, 0.1) is 10.5 Å². The molecule has 1 heterocycles. The van der Waals surface area contributed by atoms with Crippen LogP contribution in [0.1, 0.15) is 62.2 Å². The van der Waals surface area contributed by atoms with Crippen LogP contribution in [0.15, 0.2) is 23.1 Å². The second kappa shape index (κ2) is 8.82. The van der Waals surface area contributed by atoms with Crippen LogP contribution in [-0.4, -0.2) is 51.9 Å². The van der Waals surface area contributed by atoms with Crippen LogP contribution in [0, 0.1) is 5.92 Å². The Hall–Kier alpha value is -1.60. The number of benzene rings is 1. The Morgan fingerprint density at radius 3 is 2.39 bits per heavy atom. The average Bonchev–Trinajstić information content (AvgIpc) is 2.69. The van der Waals surface area contributed by atoms with Gasteiger partial charge in [-0.25, -0.2) is 12.7 Å². The molecule has 0 spiro atoms. The summed E-state index contributed by atoms with van der Waals surface area (Å²) in [5, 5.41) is 3.20. The summed E-state index contributed by atoms with van der Waals surface area (Å²) < 4.78 is 26.4. The number of sulfonamides is 1. The molecule has 1 saturated carbocycles. The molecule has 1 aromatic carbocycles. The average molecular weight is 408 g/mol. The highest BCUT2D eigenvalue weighted by molar-refractivity contribution is 7.89. The summed E-state index contributed by atoms with van der Waals surface area (Å²) in [5.41, 5.74) is 1.32. The normalized spacial score (nSPS) is 23.6. The molecule has 0 aromatic heterocycles. The van der Waals surface area contributed by atoms with Gasteiger partial charge in [0.25, 0.3) is 5.91 Å². The summed E-state index contributed by atoms with van der Waals surface area (Å²) in [6.07, 6.45) is 7.84. The first-order chi connectivity index (χ1) is 13.3. The third-order valence-corrected chi connectivity index (χ3v) is 7.93. The predicted molar refractivity (Wildman–Crippen MR) is 112 cm³/mol. The lowest BCUT2D eigenvalue weighted by atomic mass is 9.86. The standard InChI is InChI=1S/C21H33N3O3S/c1-16-9-5-6-10-19(16)22-21(25)18-15-17(28(26,27)23(2)3)11-12-20(18)24-13-7-4-8-14-24/h11-12,15-16,19H,4-10,13-14H2,1-3H3,(H,22,25)/t16-,19+/m0/s1. The highest BCUT2D eigenvalue weighted by atomic mass is 32.2. The van der Waals surface area contributed by atoms with E-state index in [2.05, 4.69) is 17.1 Å². The highest BCUT2D eigenvalue weighted by Crippen LogP contribution is 2.29. The summed E-state index contributed by atoms with van der Waals surface area (Å²) >= 11 is 0. The van der Waals surface area contributed by atoms with Crippen LogP contribution in [0.2, 0.25) is 0 Å². The summed E-state index contributed by atoms with van der Waals surface area (Å²) in [5.74, 6) is 0.292. The Kier molecular flexibility index (Phi) is 6.65. The molecule has 0 unspecified atom stereocenters. The molecule has 0 radical (unpaired) electrons. The van der Waals surface area contributed by atoms with E-state index in [9.17, 15) is 13.2 Å². The number of nitrogens with zero attached hydrogens (tertiary/aromatic N) is 2. The second-order valence-corrected chi connectivity index (χ2v) is 10.5. The number of hydrogen-bond donors (Lipinski definition) is 1. The molecule has 1 aromatic rings. The van der Waals surface area contributed by atoms with Gasteiger partial charge in [0.1, 0.15) is 0 Å². The van der Waals surface area contributed by atoms with Crippen LogP contribution in [0.5, 0.6) is 0 Å². The predicted octanol–water partition coefficient (Wildman–Crippen LogP) is 3.24. The van der Waals surface area contributed by atoms with Gasteiger partial charge in [-0.1, -0.05) is 19.8 Å². The van der Waals surface area contributed by atoms with E-state index < -0.39 is 10.0 Å². The van der Waals surface area contributed by atoms with Gasteiger partial charge >= 0.3 is 0 Å². The molecule has 1 N–H and O–H groups in total. The molecular weight excluding hydrogens is 374 g/mol. The van der Waals surface area contributed by atoms with Crippen LogP contribution in [0.3, 0.4) is 0 Å². The maximum Gasteiger partial charge on any atom is 0.253 e. The van der Waals surface area contributed by atoms with Crippen molar-refractivity contribution in [2.75, 3.05) is 32.1 Å². The van der Waals surface area contributed by atoms with E-state index in [1.807, 2.05) is 0 Å². The van der Waals surface area contributed by atoms with Crippen molar-refractivity contribution in [3.8, 4) is 0 Å². The fourth-order valence-electron chi connectivity index (χ4n) is 4.26. The van der Waals surface area contributed by atoms with Crippen LogP contribution in [0.4, 0.5) is 5.69 Å². The molecule has 1 aliphatic heterocycles. The van der Waals surface area contributed by atoms with Crippen molar-refractivity contribution in [1.82, 2.24) is 9.62 Å². The van der Waals surface area contributed by atoms with E-state index in [1.165, 1.54) is 31.2 Å². The lowest BCUT2D eigenvalue weighted by molar-refractivity contribution is 0.0910. The maximum absolute atomic E-state index is 13.2. The molecule has 1 amide bonds. The molecule has 2 fully saturated rings. The zero-order valence-electron chi connectivity index (χ0n) is 17.3. The molecular formula is C21H33N3O3S. The van der Waals surface area contributed by atoms with Gasteiger partial charge in [-0.15, -0.1) is 0 Å². The van der Waals surface area contributed by atoms with E-state index in [4.69, 9.17) is 0 Å². The van der Waals surface area contributed by atoms with Gasteiger partial charge in [-0.05, 0) is 56.2 Å². The van der Waals surface area contributed by atoms with Gasteiger partial charge in [-0.2, -0.15) is 0 Å². The molecule has 28 heavy (non-hydrogen) atoms. The number of amides is 1. The van der Waals surface area contributed by atoms with E-state index in [1.54, 1.807) is 18.2 Å². The number of carbonyl (C=O) groups excluding carboxylic acids is 1. The number of piperidine rings is 1. The fraction of sp³-hybridized carbons (Fsp3) is 0.667. The highest BCUT2D eigenvalue weighted by Gasteiger charge is 2.27. The lowest BCUT2D eigenvalue weighted by Gasteiger charge is -2.32. The van der Waals surface area contributed by atoms with Crippen LogP contribution in [0.25, 0.3) is 0 Å². The largest absolute Gasteiger partial charge is 0.371 e. The van der Waals surface area contributed by atoms with Crippen molar-refractivity contribution in [2.24, 2.45) is 5.92 Å². The third kappa shape index (κ3) is 4.51. The quantitative estimate of drug-likeness (QED) is 0.814. The van der Waals surface area contributed by atoms with Crippen molar-refractivity contribution < 1.29 is 13.2 Å². The van der Waals surface area contributed by atoms with Gasteiger partial charge in [0, 0.05) is 38.9 Å². The smallest absolute Gasteiger partial charge is 0.253 e. The zero-order chi connectivity index (χ0) is 20.3. The molecule has 3 rings (SSSR count). The van der Waals surface area contributed by atoms with Crippen LogP contribution >= 0.6 is 0 Å². The molecule has 6 nitrogen and oxygen atoms in total. The summed E-state index contributed by atoms with van der Waals surface area (Å²) in [6.45, 7) is 3.99. The first-order valence-electron chi connectivity index (χ1n) is 10.4. The van der Waals surface area contributed by atoms with Crippen LogP contribution < -0.4 is 10.2 Å². The topological polar surface area (TPSA) is 69.7 Å². The molecule has 1 aliphatic carbocycles. The number of carbonyl (C=O) groups is 1. The van der Waals surface area contributed by atoms with Crippen molar-refractivity contribution >= 4 is 21.6 Å². The van der Waals surface area contributed by atoms with E-state index >= 15 is 0 Å². The Labute approximate surface area is 169 Å². The van der Waals surface area contributed by atoms with Crippen molar-refractivity contribution in [3.05, 3.63) is 23.8 Å². The minimum absolute atomic E-state index is 0.157. The monoisotopic (exact) mass is 407 g/mol. The fourth-order valence-corrected chi connectivity index (χ4v) is 5.18. The minimum atomic E-state index is -3.59. The SMILES string of the molecule is C[C@H]1CCCC[C@H]1NC(=O)c1cc(S(=O)(=O)N(C)C)ccc1N1CCCCC1. The number of nitrogens with one attached hydrogen (secondary N) is 1. The van der Waals surface area contributed by atoms with E-state index in [-0.39, 0.29) is 16.8 Å². The van der Waals surface area contributed by atoms with Gasteiger partial charge in [-0.3, -0.25) is 4.79 Å². The molecule has 2 atom stereocenters. The minimum Gasteiger partial charge on any atom is -0.371 e. The van der Waals surface area contributed by atoms with Gasteiger partial charge < -0.3 is 10.2 Å². The van der Waals surface area contributed by atoms with Crippen molar-refractivity contribution in [2.45, 2.75) is 62.8 Å². The number of anilines is 1. The molecule has 7 heteroatoms. The van der Waals surface area contributed by atoms with Crippen molar-refractivity contribution in [1.29, 1.82) is 0 Å². The lowest BCUT2D eigenvalue weighted by Crippen LogP contribution is -2.42. The summed E-state index contributed by atoms with van der Waals surface area (Å²) in [4.78, 5) is 15.6. The van der Waals surface area contributed by atoms with Crippen LogP contribution in [-0.2, 0) is 10.0 Å². The third-order valence-electron chi connectivity index (χ3n) is 6.12. The Balaban J connectivity index is 1.95. The molecule has 156 valence electrons. The number of hydrogen-bond acceptors (Lipinski definition) is 4. The summed E-state index contributed by atoms with van der Waals surface area (Å²) in [7, 11) is -0.567. The maximum atomic E-state index is 13.2. The Morgan fingerprint density at radius 1 is 1.07 bits per heavy atom. The summed E-state index contributed by atoms with van der Waals surface area (Å²) in [6, 6.07) is 5.15. The molecule has 1 saturated heterocycles. The number of rotatable bonds is 5. The Bertz CT molecular complexity index is 801. The van der Waals surface area contributed by atoms with Crippen molar-refractivity contribution in [3.63, 3.8) is 0 Å². The zero-order valence-corrected chi connectivity index (χ0v) is 18.1. The van der Waals surface area contributed by atoms with E-state index in [0.717, 1.165) is 50.9 Å². The first-order valence-corrected chi connectivity index (χ1v) is 11.9. The van der Waals surface area contributed by atoms with E-state index in [0.29, 0.717) is 11.5 Å². The molecule has 2 aliphatic rings. The van der Waals surface area contributed by atoms with Gasteiger partial charge in [0.2, 0.25) is 10.0 Å². The second-order valence-electron chi connectivity index (χ2n) is 8.36. The molecule has 0 bridgehead atoms. The van der Waals surface area contributed by atoms with Gasteiger partial charge in [0.15, 0.2) is 0 Å². The first kappa shape index (κ1) is 21.1. The Morgan fingerprint density at radius 2 is 1.75 bits per heavy atom.